The van der Waals surface area contributed by atoms with Crippen LogP contribution in [-0.4, -0.2) is 19.1 Å². The Hall–Kier alpha value is 0.320. The average Bonchev–Trinajstić information content (AvgIpc) is 1.25. The van der Waals surface area contributed by atoms with Gasteiger partial charge in [0, 0.05) is 0 Å². The Morgan fingerprint density at radius 3 is 1.75 bits per heavy atom. The van der Waals surface area contributed by atoms with Gasteiger partial charge in [0.2, 0.25) is 11.8 Å². The van der Waals surface area contributed by atoms with E-state index in [0.717, 1.165) is 0 Å². The zero-order valence-corrected chi connectivity index (χ0v) is 5.08. The van der Waals surface area contributed by atoms with Crippen molar-refractivity contribution in [2.75, 3.05) is 0 Å². The monoisotopic (exact) mass is 163 g/mol. The van der Waals surface area contributed by atoms with Gasteiger partial charge in [0.25, 0.3) is 0 Å². The average molecular weight is 163 g/mol. The van der Waals surface area contributed by atoms with Gasteiger partial charge in [-0.05, 0) is 4.10 Å². The predicted octanol–water partition coefficient (Wildman–Crippen LogP) is -0.0633. The minimum Gasteiger partial charge on any atom is -0.573 e. The Kier molecular flexibility index (Phi) is 2.00. The highest BCUT2D eigenvalue weighted by atomic mass is 35.5. The molecule has 0 spiro atoms. The number of rotatable bonds is 1. The second-order valence-electron chi connectivity index (χ2n) is 0.986. The van der Waals surface area contributed by atoms with Crippen LogP contribution in [0, 0.1) is 5.21 Å². The number of hydrogen-bond donors (Lipinski definition) is 3. The van der Waals surface area contributed by atoms with Crippen LogP contribution in [0.15, 0.2) is 0 Å². The zero-order valence-electron chi connectivity index (χ0n) is 3.43. The third kappa shape index (κ3) is 2.06. The van der Waals surface area contributed by atoms with E-state index in [-0.39, 0.29) is 0 Å². The first-order valence-electron chi connectivity index (χ1n) is 1.33. The largest absolute Gasteiger partial charge is 0.577 e. The molecule has 0 aliphatic rings. The fraction of sp³-hybridized carbons (Fsp3) is 0. The molecule has 0 saturated heterocycles. The lowest BCUT2D eigenvalue weighted by atomic mass is 13.2. The molecule has 6 nitrogen and oxygen atoms in total. The normalized spacial score (nSPS) is 20.1. The molecule has 1 unspecified atom stereocenters. The van der Waals surface area contributed by atoms with Gasteiger partial charge in [0.15, 0.2) is 0 Å². The molecule has 8 heavy (non-hydrogen) atoms. The van der Waals surface area contributed by atoms with E-state index in [1.54, 1.807) is 0 Å². The topological polar surface area (TPSA) is 101 Å². The summed E-state index contributed by atoms with van der Waals surface area (Å²) in [5.41, 5.74) is 0. The van der Waals surface area contributed by atoms with Crippen LogP contribution in [0.5, 0.6) is 0 Å². The molecule has 50 valence electrons. The van der Waals surface area contributed by atoms with Gasteiger partial charge in [-0.15, -0.1) is 0 Å². The molecule has 0 fully saturated rings. The van der Waals surface area contributed by atoms with E-state index in [1.165, 1.54) is 0 Å². The van der Waals surface area contributed by atoms with Crippen molar-refractivity contribution in [3.63, 3.8) is 0 Å². The third-order valence-electron chi connectivity index (χ3n) is 0.321. The Labute approximate surface area is 49.4 Å². The molecule has 0 radical (unpaired) electrons. The fourth-order valence-electron chi connectivity index (χ4n) is 0. The van der Waals surface area contributed by atoms with Crippen molar-refractivity contribution < 1.29 is 23.7 Å². The summed E-state index contributed by atoms with van der Waals surface area (Å²) in [5, 5.41) is 17.4. The number of halogens is 1. The van der Waals surface area contributed by atoms with Gasteiger partial charge in [-0.3, -0.25) is 9.79 Å². The lowest BCUT2D eigenvalue weighted by Crippen LogP contribution is -2.21. The van der Waals surface area contributed by atoms with E-state index in [4.69, 9.17) is 15.0 Å². The Bertz CT molecular complexity index is 119. The number of nitrogens with zero attached hydrogens (tertiary/aromatic N) is 1. The van der Waals surface area contributed by atoms with Crippen LogP contribution in [0.3, 0.4) is 0 Å². The van der Waals surface area contributed by atoms with Crippen LogP contribution >= 0.6 is 19.5 Å². The van der Waals surface area contributed by atoms with Crippen molar-refractivity contribution >= 4 is 19.5 Å². The standard InChI is InChI=1S/ClH3NO5P/c1-2(3,4)8(5,6)7/h3H,(H2,5,6,7). The van der Waals surface area contributed by atoms with Crippen LogP contribution in [-0.2, 0) is 4.57 Å². The third-order valence-corrected chi connectivity index (χ3v) is 1.55. The molecule has 0 heterocycles. The maximum Gasteiger partial charge on any atom is 0.577 e. The molecule has 0 aromatic carbocycles. The molecule has 3 N–H and O–H groups in total. The van der Waals surface area contributed by atoms with Crippen molar-refractivity contribution in [2.45, 2.75) is 0 Å². The molecule has 0 aliphatic heterocycles. The Morgan fingerprint density at radius 2 is 1.75 bits per heavy atom. The molecule has 0 aliphatic carbocycles. The summed E-state index contributed by atoms with van der Waals surface area (Å²) in [5.74, 6) is 0. The Morgan fingerprint density at radius 1 is 1.62 bits per heavy atom. The van der Waals surface area contributed by atoms with E-state index in [0.29, 0.717) is 0 Å². The summed E-state index contributed by atoms with van der Waals surface area (Å²) >= 11 is 4.18. The minimum absolute atomic E-state index is 3.09. The van der Waals surface area contributed by atoms with Crippen LogP contribution in [0.2, 0.25) is 0 Å². The smallest absolute Gasteiger partial charge is 0.573 e. The highest BCUT2D eigenvalue weighted by molar-refractivity contribution is 7.46. The molecule has 1 atom stereocenters. The molecule has 0 amide bonds. The summed E-state index contributed by atoms with van der Waals surface area (Å²) in [6.07, 6.45) is 0. The van der Waals surface area contributed by atoms with Crippen LogP contribution in [0.1, 0.15) is 0 Å². The van der Waals surface area contributed by atoms with Gasteiger partial charge in [-0.1, -0.05) is 0 Å². The van der Waals surface area contributed by atoms with Crippen molar-refractivity contribution in [3.8, 4) is 0 Å². The molecule has 0 bridgehead atoms. The van der Waals surface area contributed by atoms with E-state index in [2.05, 4.69) is 11.8 Å². The first kappa shape index (κ1) is 8.32. The minimum atomic E-state index is -5.15. The predicted molar refractivity (Wildman–Crippen MR) is 23.3 cm³/mol. The maximum atomic E-state index is 9.62. The molecule has 8 heteroatoms. The molecular formula is H3ClNO5P. The summed E-state index contributed by atoms with van der Waals surface area (Å²) < 4.78 is 6.53. The number of hydrogen-bond acceptors (Lipinski definition) is 3. The van der Waals surface area contributed by atoms with Gasteiger partial charge in [0.05, 0.1) is 0 Å². The van der Waals surface area contributed by atoms with Gasteiger partial charge >= 0.3 is 7.75 Å². The second kappa shape index (κ2) is 1.93. The van der Waals surface area contributed by atoms with Crippen molar-refractivity contribution in [1.29, 1.82) is 0 Å². The van der Waals surface area contributed by atoms with Gasteiger partial charge in [-0.25, -0.2) is 0 Å². The quantitative estimate of drug-likeness (QED) is 0.286. The first-order chi connectivity index (χ1) is 3.25. The molecule has 0 aromatic heterocycles. The number of quaternary nitrogens is 1. The van der Waals surface area contributed by atoms with Crippen LogP contribution in [0.25, 0.3) is 0 Å². The Balaban J connectivity index is 4.26. The molecule has 0 aromatic rings. The van der Waals surface area contributed by atoms with Gasteiger partial charge in [-0.2, -0.15) is 9.77 Å². The van der Waals surface area contributed by atoms with Gasteiger partial charge < -0.3 is 5.21 Å². The van der Waals surface area contributed by atoms with E-state index < -0.39 is 11.8 Å². The maximum absolute atomic E-state index is 9.62. The molecule has 0 saturated carbocycles. The van der Waals surface area contributed by atoms with Crippen LogP contribution < -0.4 is 0 Å². The van der Waals surface area contributed by atoms with E-state index in [9.17, 15) is 9.77 Å². The van der Waals surface area contributed by atoms with Gasteiger partial charge in [0.1, 0.15) is 0 Å². The zero-order chi connectivity index (χ0) is 7.00. The molecular weight excluding hydrogens is 160 g/mol. The SMILES string of the molecule is O=P(O)(O)[N+]([O-])(O)Cl. The highest BCUT2D eigenvalue weighted by Gasteiger charge is 2.37. The molecule has 0 rings (SSSR count). The van der Waals surface area contributed by atoms with E-state index >= 15 is 0 Å². The highest BCUT2D eigenvalue weighted by Crippen LogP contribution is 2.47. The summed E-state index contributed by atoms with van der Waals surface area (Å²) in [6.45, 7) is 0. The lowest BCUT2D eigenvalue weighted by Gasteiger charge is -2.21. The summed E-state index contributed by atoms with van der Waals surface area (Å²) in [4.78, 5) is 15.5. The fourth-order valence-corrected chi connectivity index (χ4v) is 0. The van der Waals surface area contributed by atoms with Crippen LogP contribution in [0.4, 0.5) is 0 Å². The first-order valence-corrected chi connectivity index (χ1v) is 3.24. The summed E-state index contributed by atoms with van der Waals surface area (Å²) in [6, 6.07) is 0. The van der Waals surface area contributed by atoms with E-state index in [1.807, 2.05) is 0 Å². The lowest BCUT2D eigenvalue weighted by molar-refractivity contribution is -0.872. The second-order valence-corrected chi connectivity index (χ2v) is 3.25. The van der Waals surface area contributed by atoms with Crippen molar-refractivity contribution in [3.05, 3.63) is 5.21 Å². The van der Waals surface area contributed by atoms with Crippen molar-refractivity contribution in [2.24, 2.45) is 0 Å². The van der Waals surface area contributed by atoms with Crippen molar-refractivity contribution in [1.82, 2.24) is 0 Å². The summed E-state index contributed by atoms with van der Waals surface area (Å²) in [7, 11) is -5.15.